The molecule has 0 aliphatic heterocycles. The molecular weight excluding hydrogens is 199 g/mol. The zero-order valence-electron chi connectivity index (χ0n) is 7.78. The Bertz CT molecular complexity index is 323. The van der Waals surface area contributed by atoms with Gasteiger partial charge in [0.15, 0.2) is 0 Å². The monoisotopic (exact) mass is 212 g/mol. The Balaban J connectivity index is 2.81. The van der Waals surface area contributed by atoms with E-state index in [9.17, 15) is 4.39 Å². The predicted octanol–water partition coefficient (Wildman–Crippen LogP) is 2.65. The Morgan fingerprint density at radius 2 is 2.14 bits per heavy atom. The number of hydrogen-bond acceptors (Lipinski definition) is 2. The number of halogens is 1. The minimum Gasteiger partial charge on any atom is -0.392 e. The molecule has 0 saturated heterocycles. The summed E-state index contributed by atoms with van der Waals surface area (Å²) in [7, 11) is 0. The molecule has 14 heavy (non-hydrogen) atoms. The highest BCUT2D eigenvalue weighted by Gasteiger charge is 1.97. The first-order valence-electron chi connectivity index (χ1n) is 4.44. The van der Waals surface area contributed by atoms with Crippen molar-refractivity contribution >= 4 is 18.7 Å². The first-order valence-corrected chi connectivity index (χ1v) is 5.07. The van der Waals surface area contributed by atoms with E-state index in [1.165, 1.54) is 12.1 Å². The molecule has 1 nitrogen and oxygen atoms in total. The van der Waals surface area contributed by atoms with Crippen molar-refractivity contribution in [3.8, 4) is 0 Å². The van der Waals surface area contributed by atoms with Crippen LogP contribution in [0.1, 0.15) is 17.5 Å². The Morgan fingerprint density at radius 1 is 1.36 bits per heavy atom. The van der Waals surface area contributed by atoms with E-state index in [4.69, 9.17) is 5.11 Å². The van der Waals surface area contributed by atoms with Crippen molar-refractivity contribution in [1.82, 2.24) is 0 Å². The van der Waals surface area contributed by atoms with E-state index in [-0.39, 0.29) is 12.4 Å². The Labute approximate surface area is 88.7 Å². The summed E-state index contributed by atoms with van der Waals surface area (Å²) in [5.41, 5.74) is 1.37. The number of aliphatic hydroxyl groups excluding tert-OH is 1. The Morgan fingerprint density at radius 3 is 2.79 bits per heavy atom. The minimum atomic E-state index is -0.318. The van der Waals surface area contributed by atoms with Gasteiger partial charge in [-0.1, -0.05) is 12.2 Å². The van der Waals surface area contributed by atoms with Crippen LogP contribution >= 0.6 is 12.6 Å². The van der Waals surface area contributed by atoms with Gasteiger partial charge in [-0.3, -0.25) is 0 Å². The molecule has 0 fully saturated rings. The summed E-state index contributed by atoms with van der Waals surface area (Å²) < 4.78 is 13.0. The van der Waals surface area contributed by atoms with Crippen LogP contribution in [0.15, 0.2) is 24.3 Å². The molecule has 0 saturated carbocycles. The van der Waals surface area contributed by atoms with Crippen molar-refractivity contribution in [3.63, 3.8) is 0 Å². The third-order valence-electron chi connectivity index (χ3n) is 1.77. The molecule has 1 aromatic rings. The van der Waals surface area contributed by atoms with Crippen molar-refractivity contribution in [2.45, 2.75) is 13.0 Å². The lowest BCUT2D eigenvalue weighted by molar-refractivity contribution is 0.281. The second-order valence-corrected chi connectivity index (χ2v) is 3.41. The van der Waals surface area contributed by atoms with E-state index in [1.54, 1.807) is 6.07 Å². The summed E-state index contributed by atoms with van der Waals surface area (Å²) in [5.74, 6) is 0.459. The molecule has 1 N–H and O–H groups in total. The first kappa shape index (κ1) is 11.3. The number of benzene rings is 1. The maximum Gasteiger partial charge on any atom is 0.124 e. The van der Waals surface area contributed by atoms with Crippen molar-refractivity contribution in [1.29, 1.82) is 0 Å². The maximum atomic E-state index is 13.0. The van der Waals surface area contributed by atoms with Crippen LogP contribution in [0.4, 0.5) is 4.39 Å². The Hall–Kier alpha value is -0.800. The van der Waals surface area contributed by atoms with Gasteiger partial charge in [-0.15, -0.1) is 0 Å². The number of thiol groups is 1. The molecular formula is C11H13FOS. The second kappa shape index (κ2) is 5.83. The molecule has 0 heterocycles. The van der Waals surface area contributed by atoms with Gasteiger partial charge in [0.1, 0.15) is 5.82 Å². The van der Waals surface area contributed by atoms with E-state index in [0.29, 0.717) is 5.56 Å². The van der Waals surface area contributed by atoms with Crippen LogP contribution < -0.4 is 0 Å². The van der Waals surface area contributed by atoms with E-state index >= 15 is 0 Å². The molecule has 0 aliphatic rings. The molecule has 76 valence electrons. The van der Waals surface area contributed by atoms with Crippen LogP contribution in [0.3, 0.4) is 0 Å². The molecule has 0 atom stereocenters. The highest BCUT2D eigenvalue weighted by Crippen LogP contribution is 2.11. The van der Waals surface area contributed by atoms with Crippen molar-refractivity contribution in [2.24, 2.45) is 0 Å². The van der Waals surface area contributed by atoms with Gasteiger partial charge >= 0.3 is 0 Å². The van der Waals surface area contributed by atoms with Gasteiger partial charge in [-0.2, -0.15) is 12.6 Å². The fourth-order valence-corrected chi connectivity index (χ4v) is 1.31. The molecule has 0 aromatic heterocycles. The molecule has 3 heteroatoms. The second-order valence-electron chi connectivity index (χ2n) is 2.97. The van der Waals surface area contributed by atoms with Gasteiger partial charge in [-0.25, -0.2) is 4.39 Å². The number of allylic oxidation sites excluding steroid dienone is 1. The summed E-state index contributed by atoms with van der Waals surface area (Å²) >= 11 is 4.06. The zero-order chi connectivity index (χ0) is 10.4. The predicted molar refractivity (Wildman–Crippen MR) is 59.8 cm³/mol. The fraction of sp³-hybridized carbons (Fsp3) is 0.273. The SMILES string of the molecule is OCc1cc(F)cc(C=CCCS)c1. The van der Waals surface area contributed by atoms with Crippen LogP contribution in [0, 0.1) is 5.82 Å². The smallest absolute Gasteiger partial charge is 0.124 e. The van der Waals surface area contributed by atoms with Gasteiger partial charge in [0.05, 0.1) is 6.61 Å². The van der Waals surface area contributed by atoms with Gasteiger partial charge in [0, 0.05) is 0 Å². The average Bonchev–Trinajstić information content (AvgIpc) is 2.17. The maximum absolute atomic E-state index is 13.0. The Kier molecular flexibility index (Phi) is 4.70. The largest absolute Gasteiger partial charge is 0.392 e. The van der Waals surface area contributed by atoms with Crippen LogP contribution in [0.5, 0.6) is 0 Å². The zero-order valence-corrected chi connectivity index (χ0v) is 8.67. The van der Waals surface area contributed by atoms with Crippen LogP contribution in [0.2, 0.25) is 0 Å². The summed E-state index contributed by atoms with van der Waals surface area (Å²) in [6.45, 7) is -0.134. The molecule has 0 unspecified atom stereocenters. The van der Waals surface area contributed by atoms with Crippen LogP contribution in [-0.4, -0.2) is 10.9 Å². The molecule has 0 spiro atoms. The van der Waals surface area contributed by atoms with Crippen molar-refractivity contribution in [2.75, 3.05) is 5.75 Å². The highest BCUT2D eigenvalue weighted by atomic mass is 32.1. The summed E-state index contributed by atoms with van der Waals surface area (Å²) in [4.78, 5) is 0. The third-order valence-corrected chi connectivity index (χ3v) is 2.03. The minimum absolute atomic E-state index is 0.134. The summed E-state index contributed by atoms with van der Waals surface area (Å²) in [6, 6.07) is 4.53. The topological polar surface area (TPSA) is 20.2 Å². The number of hydrogen-bond donors (Lipinski definition) is 2. The third kappa shape index (κ3) is 3.52. The van der Waals surface area contributed by atoms with Gasteiger partial charge < -0.3 is 5.11 Å². The molecule has 0 aliphatic carbocycles. The molecule has 0 radical (unpaired) electrons. The summed E-state index contributed by atoms with van der Waals surface area (Å²) in [5, 5.41) is 8.86. The fourth-order valence-electron chi connectivity index (χ4n) is 1.16. The average molecular weight is 212 g/mol. The molecule has 1 aromatic carbocycles. The summed E-state index contributed by atoms with van der Waals surface area (Å²) in [6.07, 6.45) is 4.62. The van der Waals surface area contributed by atoms with E-state index in [0.717, 1.165) is 17.7 Å². The standard InChI is InChI=1S/C11H13FOS/c12-11-6-9(3-1-2-4-14)5-10(7-11)8-13/h1,3,5-7,13-14H,2,4,8H2. The molecule has 0 amide bonds. The highest BCUT2D eigenvalue weighted by molar-refractivity contribution is 7.80. The van der Waals surface area contributed by atoms with Gasteiger partial charge in [-0.05, 0) is 41.5 Å². The van der Waals surface area contributed by atoms with E-state index in [2.05, 4.69) is 12.6 Å². The van der Waals surface area contributed by atoms with Gasteiger partial charge in [0.2, 0.25) is 0 Å². The van der Waals surface area contributed by atoms with E-state index in [1.807, 2.05) is 12.2 Å². The van der Waals surface area contributed by atoms with Crippen LogP contribution in [0.25, 0.3) is 6.08 Å². The lowest BCUT2D eigenvalue weighted by Crippen LogP contribution is -1.87. The normalized spacial score (nSPS) is 11.1. The van der Waals surface area contributed by atoms with Gasteiger partial charge in [0.25, 0.3) is 0 Å². The number of aliphatic hydroxyl groups is 1. The van der Waals surface area contributed by atoms with E-state index < -0.39 is 0 Å². The lowest BCUT2D eigenvalue weighted by atomic mass is 10.1. The lowest BCUT2D eigenvalue weighted by Gasteiger charge is -1.99. The molecule has 1 rings (SSSR count). The quantitative estimate of drug-likeness (QED) is 0.735. The van der Waals surface area contributed by atoms with Crippen LogP contribution in [-0.2, 0) is 6.61 Å². The van der Waals surface area contributed by atoms with Crippen molar-refractivity contribution in [3.05, 3.63) is 41.2 Å². The van der Waals surface area contributed by atoms with Crippen molar-refractivity contribution < 1.29 is 9.50 Å². The number of rotatable bonds is 4. The first-order chi connectivity index (χ1) is 6.76. The molecule has 0 bridgehead atoms.